The summed E-state index contributed by atoms with van der Waals surface area (Å²) in [5.74, 6) is 1.01. The molecule has 0 aliphatic heterocycles. The lowest BCUT2D eigenvalue weighted by atomic mass is 10.2. The second-order valence-electron chi connectivity index (χ2n) is 3.65. The fraction of sp³-hybridized carbons (Fsp3) is 0. The van der Waals surface area contributed by atoms with Crippen LogP contribution in [-0.4, -0.2) is 15.1 Å². The van der Waals surface area contributed by atoms with Gasteiger partial charge in [-0.05, 0) is 59.0 Å². The van der Waals surface area contributed by atoms with Gasteiger partial charge in [-0.2, -0.15) is 4.98 Å². The zero-order chi connectivity index (χ0) is 12.4. The number of nitrogens with zero attached hydrogens (tertiary/aromatic N) is 3. The van der Waals surface area contributed by atoms with Gasteiger partial charge in [-0.1, -0.05) is 11.2 Å². The Hall–Kier alpha value is -1.76. The van der Waals surface area contributed by atoms with Crippen LogP contribution >= 0.6 is 22.6 Å². The topological polar surface area (TPSA) is 51.8 Å². The molecule has 0 spiro atoms. The maximum atomic E-state index is 5.24. The van der Waals surface area contributed by atoms with Gasteiger partial charge < -0.3 is 4.52 Å². The van der Waals surface area contributed by atoms with Gasteiger partial charge in [0.15, 0.2) is 0 Å². The lowest BCUT2D eigenvalue weighted by molar-refractivity contribution is 0.432. The van der Waals surface area contributed by atoms with Crippen molar-refractivity contribution >= 4 is 22.6 Å². The van der Waals surface area contributed by atoms with Gasteiger partial charge in [-0.25, -0.2) is 0 Å². The highest BCUT2D eigenvalue weighted by molar-refractivity contribution is 14.1. The van der Waals surface area contributed by atoms with Crippen LogP contribution < -0.4 is 0 Å². The van der Waals surface area contributed by atoms with E-state index in [0.717, 1.165) is 5.56 Å². The minimum atomic E-state index is 0.504. The molecular weight excluding hydrogens is 341 g/mol. The zero-order valence-corrected chi connectivity index (χ0v) is 11.4. The van der Waals surface area contributed by atoms with Gasteiger partial charge in [0, 0.05) is 15.3 Å². The van der Waals surface area contributed by atoms with Crippen molar-refractivity contribution in [3.8, 4) is 23.0 Å². The summed E-state index contributed by atoms with van der Waals surface area (Å²) < 4.78 is 6.41. The molecule has 0 saturated heterocycles. The third kappa shape index (κ3) is 2.26. The van der Waals surface area contributed by atoms with Crippen molar-refractivity contribution in [2.45, 2.75) is 0 Å². The Kier molecular flexibility index (Phi) is 3.06. The molecule has 0 fully saturated rings. The van der Waals surface area contributed by atoms with Crippen LogP contribution in [0.15, 0.2) is 53.2 Å². The summed E-state index contributed by atoms with van der Waals surface area (Å²) in [6.07, 6.45) is 1.70. The first-order chi connectivity index (χ1) is 8.83. The Bertz CT molecular complexity index is 650. The van der Waals surface area contributed by atoms with E-state index in [9.17, 15) is 0 Å². The SMILES string of the molecule is Ic1ccc(-c2nc(-c3ccccn3)no2)cc1. The summed E-state index contributed by atoms with van der Waals surface area (Å²) in [4.78, 5) is 8.52. The van der Waals surface area contributed by atoms with Gasteiger partial charge in [-0.15, -0.1) is 0 Å². The summed E-state index contributed by atoms with van der Waals surface area (Å²) in [5, 5.41) is 3.93. The summed E-state index contributed by atoms with van der Waals surface area (Å²) in [5.41, 5.74) is 1.61. The van der Waals surface area contributed by atoms with Crippen molar-refractivity contribution in [3.63, 3.8) is 0 Å². The quantitative estimate of drug-likeness (QED) is 0.666. The minimum Gasteiger partial charge on any atom is -0.334 e. The van der Waals surface area contributed by atoms with Crippen LogP contribution in [0.2, 0.25) is 0 Å². The van der Waals surface area contributed by atoms with Crippen molar-refractivity contribution in [3.05, 3.63) is 52.2 Å². The highest BCUT2D eigenvalue weighted by atomic mass is 127. The smallest absolute Gasteiger partial charge is 0.258 e. The Balaban J connectivity index is 1.97. The van der Waals surface area contributed by atoms with E-state index in [1.807, 2.05) is 42.5 Å². The van der Waals surface area contributed by atoms with Gasteiger partial charge in [-0.3, -0.25) is 4.98 Å². The average Bonchev–Trinajstić information content (AvgIpc) is 2.90. The molecule has 0 atom stereocenters. The van der Waals surface area contributed by atoms with E-state index in [4.69, 9.17) is 4.52 Å². The average molecular weight is 349 g/mol. The summed E-state index contributed by atoms with van der Waals surface area (Å²) in [6, 6.07) is 13.5. The van der Waals surface area contributed by atoms with Crippen LogP contribution in [0, 0.1) is 3.57 Å². The Morgan fingerprint density at radius 2 is 1.83 bits per heavy atom. The van der Waals surface area contributed by atoms with Crippen LogP contribution in [0.5, 0.6) is 0 Å². The molecule has 3 rings (SSSR count). The molecule has 3 aromatic rings. The van der Waals surface area contributed by atoms with Crippen LogP contribution in [0.3, 0.4) is 0 Å². The Labute approximate surface area is 117 Å². The van der Waals surface area contributed by atoms with Crippen LogP contribution in [0.25, 0.3) is 23.0 Å². The molecule has 0 aliphatic carbocycles. The lowest BCUT2D eigenvalue weighted by Crippen LogP contribution is -1.84. The fourth-order valence-corrected chi connectivity index (χ4v) is 1.89. The highest BCUT2D eigenvalue weighted by Gasteiger charge is 2.10. The number of rotatable bonds is 2. The predicted molar refractivity (Wildman–Crippen MR) is 75.7 cm³/mol. The first-order valence-electron chi connectivity index (χ1n) is 5.34. The maximum absolute atomic E-state index is 5.24. The molecule has 88 valence electrons. The molecule has 0 aliphatic rings. The summed E-state index contributed by atoms with van der Waals surface area (Å²) >= 11 is 2.25. The van der Waals surface area contributed by atoms with Gasteiger partial charge in [0.2, 0.25) is 5.82 Å². The van der Waals surface area contributed by atoms with Crippen molar-refractivity contribution in [2.75, 3.05) is 0 Å². The first kappa shape index (κ1) is 11.3. The van der Waals surface area contributed by atoms with Crippen molar-refractivity contribution in [1.82, 2.24) is 15.1 Å². The molecule has 0 saturated carbocycles. The maximum Gasteiger partial charge on any atom is 0.258 e. The van der Waals surface area contributed by atoms with E-state index in [0.29, 0.717) is 17.4 Å². The van der Waals surface area contributed by atoms with Gasteiger partial charge in [0.25, 0.3) is 5.89 Å². The normalized spacial score (nSPS) is 10.5. The molecule has 0 bridgehead atoms. The second kappa shape index (κ2) is 4.85. The Morgan fingerprint density at radius 3 is 2.56 bits per heavy atom. The Morgan fingerprint density at radius 1 is 1.00 bits per heavy atom. The van der Waals surface area contributed by atoms with Crippen LogP contribution in [-0.2, 0) is 0 Å². The number of hydrogen-bond donors (Lipinski definition) is 0. The summed E-state index contributed by atoms with van der Waals surface area (Å²) in [7, 11) is 0. The molecule has 4 nitrogen and oxygen atoms in total. The standard InChI is InChI=1S/C13H8IN3O/c14-10-6-4-9(5-7-10)13-16-12(17-18-13)11-3-1-2-8-15-11/h1-8H. The first-order valence-corrected chi connectivity index (χ1v) is 6.42. The van der Waals surface area contributed by atoms with Crippen molar-refractivity contribution in [2.24, 2.45) is 0 Å². The third-order valence-electron chi connectivity index (χ3n) is 2.41. The van der Waals surface area contributed by atoms with Gasteiger partial charge >= 0.3 is 0 Å². The number of aromatic nitrogens is 3. The molecule has 0 amide bonds. The minimum absolute atomic E-state index is 0.504. The molecule has 2 heterocycles. The largest absolute Gasteiger partial charge is 0.334 e. The monoisotopic (exact) mass is 349 g/mol. The van der Waals surface area contributed by atoms with E-state index in [1.165, 1.54) is 3.57 Å². The molecular formula is C13H8IN3O. The highest BCUT2D eigenvalue weighted by Crippen LogP contribution is 2.21. The predicted octanol–water partition coefficient (Wildman–Crippen LogP) is 3.40. The molecule has 0 radical (unpaired) electrons. The third-order valence-corrected chi connectivity index (χ3v) is 3.13. The number of hydrogen-bond acceptors (Lipinski definition) is 4. The van der Waals surface area contributed by atoms with Crippen molar-refractivity contribution in [1.29, 1.82) is 0 Å². The van der Waals surface area contributed by atoms with E-state index < -0.39 is 0 Å². The van der Waals surface area contributed by atoms with Crippen LogP contribution in [0.1, 0.15) is 0 Å². The molecule has 1 aromatic carbocycles. The fourth-order valence-electron chi connectivity index (χ4n) is 1.53. The van der Waals surface area contributed by atoms with E-state index in [1.54, 1.807) is 6.20 Å². The van der Waals surface area contributed by atoms with Crippen molar-refractivity contribution < 1.29 is 4.52 Å². The zero-order valence-electron chi connectivity index (χ0n) is 9.25. The van der Waals surface area contributed by atoms with Gasteiger partial charge in [0.05, 0.1) is 0 Å². The molecule has 0 N–H and O–H groups in total. The molecule has 5 heteroatoms. The summed E-state index contributed by atoms with van der Waals surface area (Å²) in [6.45, 7) is 0. The van der Waals surface area contributed by atoms with E-state index >= 15 is 0 Å². The second-order valence-corrected chi connectivity index (χ2v) is 4.89. The number of halogens is 1. The molecule has 18 heavy (non-hydrogen) atoms. The van der Waals surface area contributed by atoms with Gasteiger partial charge in [0.1, 0.15) is 5.69 Å². The molecule has 0 unspecified atom stereocenters. The number of pyridine rings is 1. The number of benzene rings is 1. The molecule has 2 aromatic heterocycles. The lowest BCUT2D eigenvalue weighted by Gasteiger charge is -1.93. The van der Waals surface area contributed by atoms with Crippen LogP contribution in [0.4, 0.5) is 0 Å². The van der Waals surface area contributed by atoms with E-state index in [-0.39, 0.29) is 0 Å². The van der Waals surface area contributed by atoms with E-state index in [2.05, 4.69) is 37.7 Å².